The molecule has 1 N–H and O–H groups in total. The van der Waals surface area contributed by atoms with Gasteiger partial charge >= 0.3 is 11.9 Å². The Kier molecular flexibility index (Phi) is 4.90. The van der Waals surface area contributed by atoms with E-state index < -0.39 is 54.2 Å². The number of fused-ring (bicyclic) bond motifs is 1. The van der Waals surface area contributed by atoms with E-state index in [9.17, 15) is 31.5 Å². The molecule has 1 amide bonds. The smallest absolute Gasteiger partial charge is 0.349 e. The normalized spacial score (nSPS) is 17.2. The lowest BCUT2D eigenvalue weighted by molar-refractivity contribution is -0.144. The Hall–Kier alpha value is -3.24. The van der Waals surface area contributed by atoms with Crippen LogP contribution in [0.4, 0.5) is 22.0 Å². The van der Waals surface area contributed by atoms with E-state index in [-0.39, 0.29) is 16.7 Å². The van der Waals surface area contributed by atoms with Crippen molar-refractivity contribution in [2.45, 2.75) is 43.9 Å². The monoisotopic (exact) mass is 454 g/mol. The van der Waals surface area contributed by atoms with Gasteiger partial charge in [-0.05, 0) is 30.7 Å². The van der Waals surface area contributed by atoms with Crippen molar-refractivity contribution < 1.29 is 26.7 Å². The average molecular weight is 454 g/mol. The third-order valence-corrected chi connectivity index (χ3v) is 5.54. The van der Waals surface area contributed by atoms with Crippen molar-refractivity contribution in [2.24, 2.45) is 7.05 Å². The number of amides is 1. The largest absolute Gasteiger partial charge is 0.416 e. The second kappa shape index (κ2) is 7.14. The minimum atomic E-state index is -4.52. The minimum absolute atomic E-state index is 0.236. The van der Waals surface area contributed by atoms with E-state index in [1.54, 1.807) is 0 Å². The van der Waals surface area contributed by atoms with Gasteiger partial charge in [-0.15, -0.1) is 0 Å². The molecule has 3 aromatic rings. The van der Waals surface area contributed by atoms with Gasteiger partial charge in [0.2, 0.25) is 5.91 Å². The van der Waals surface area contributed by atoms with Gasteiger partial charge in [-0.1, -0.05) is 12.1 Å². The van der Waals surface area contributed by atoms with Gasteiger partial charge in [0.25, 0.3) is 5.92 Å². The summed E-state index contributed by atoms with van der Waals surface area (Å²) >= 11 is 0. The predicted octanol–water partition coefficient (Wildman–Crippen LogP) is 3.72. The maximum Gasteiger partial charge on any atom is 0.416 e. The molecular weight excluding hydrogens is 435 g/mol. The summed E-state index contributed by atoms with van der Waals surface area (Å²) < 4.78 is 67.9. The second-order valence-corrected chi connectivity index (χ2v) is 8.39. The quantitative estimate of drug-likeness (QED) is 0.611. The highest BCUT2D eigenvalue weighted by atomic mass is 19.4. The van der Waals surface area contributed by atoms with Crippen molar-refractivity contribution in [1.29, 1.82) is 0 Å². The topological polar surface area (TPSA) is 68.9 Å². The van der Waals surface area contributed by atoms with E-state index in [2.05, 4.69) is 10.3 Å². The molecule has 0 unspecified atom stereocenters. The summed E-state index contributed by atoms with van der Waals surface area (Å²) in [7, 11) is 1.45. The van der Waals surface area contributed by atoms with Crippen LogP contribution in [0.25, 0.3) is 22.3 Å². The lowest BCUT2D eigenvalue weighted by atomic mass is 9.75. The lowest BCUT2D eigenvalue weighted by Gasteiger charge is -2.45. The molecule has 0 saturated heterocycles. The SMILES string of the molecule is Cn1c(=O)n(CC(=O)NC2(C)CC(F)(F)C2)c2cc(-c3cccc(C(F)(F)F)c3)cnc21. The summed E-state index contributed by atoms with van der Waals surface area (Å²) in [5.74, 6) is -3.45. The molecule has 1 aliphatic carbocycles. The van der Waals surface area contributed by atoms with Crippen molar-refractivity contribution in [3.63, 3.8) is 0 Å². The third kappa shape index (κ3) is 3.98. The van der Waals surface area contributed by atoms with Gasteiger partial charge in [0.05, 0.1) is 11.1 Å². The Morgan fingerprint density at radius 2 is 1.88 bits per heavy atom. The molecule has 0 aliphatic heterocycles. The number of alkyl halides is 5. The van der Waals surface area contributed by atoms with Crippen LogP contribution < -0.4 is 11.0 Å². The second-order valence-electron chi connectivity index (χ2n) is 8.39. The number of hydrogen-bond donors (Lipinski definition) is 1. The molecule has 32 heavy (non-hydrogen) atoms. The molecule has 2 aromatic heterocycles. The summed E-state index contributed by atoms with van der Waals surface area (Å²) in [6.45, 7) is 1.06. The molecule has 0 radical (unpaired) electrons. The fraction of sp³-hybridized carbons (Fsp3) is 0.381. The standard InChI is InChI=1S/C21H19F5N4O2/c1-19(10-20(22,23)11-19)28-16(31)9-30-15-7-13(8-27-17(15)29(2)18(30)32)12-4-3-5-14(6-12)21(24,25)26/h3-8H,9-11H2,1-2H3,(H,28,31). The predicted molar refractivity (Wildman–Crippen MR) is 106 cm³/mol. The first-order chi connectivity index (χ1) is 14.8. The van der Waals surface area contributed by atoms with Crippen LogP contribution >= 0.6 is 0 Å². The fourth-order valence-corrected chi connectivity index (χ4v) is 4.16. The highest BCUT2D eigenvalue weighted by Crippen LogP contribution is 2.45. The number of imidazole rings is 1. The molecule has 0 atom stereocenters. The molecule has 1 fully saturated rings. The van der Waals surface area contributed by atoms with Gasteiger partial charge in [-0.3, -0.25) is 13.9 Å². The maximum absolute atomic E-state index is 13.2. The molecule has 1 saturated carbocycles. The fourth-order valence-electron chi connectivity index (χ4n) is 4.16. The van der Waals surface area contributed by atoms with Crippen LogP contribution in [0.3, 0.4) is 0 Å². The number of nitrogens with zero attached hydrogens (tertiary/aromatic N) is 3. The van der Waals surface area contributed by atoms with Crippen LogP contribution in [0.5, 0.6) is 0 Å². The molecule has 170 valence electrons. The lowest BCUT2D eigenvalue weighted by Crippen LogP contribution is -2.60. The summed E-state index contributed by atoms with van der Waals surface area (Å²) in [6.07, 6.45) is -4.15. The van der Waals surface area contributed by atoms with Crippen LogP contribution in [0, 0.1) is 0 Å². The molecule has 6 nitrogen and oxygen atoms in total. The first-order valence-corrected chi connectivity index (χ1v) is 9.70. The number of benzene rings is 1. The first kappa shape index (κ1) is 22.0. The van der Waals surface area contributed by atoms with Crippen molar-refractivity contribution in [2.75, 3.05) is 0 Å². The molecule has 1 aliphatic rings. The van der Waals surface area contributed by atoms with Gasteiger partial charge in [0.1, 0.15) is 6.54 Å². The Bertz CT molecular complexity index is 1270. The van der Waals surface area contributed by atoms with Crippen LogP contribution in [0.2, 0.25) is 0 Å². The van der Waals surface area contributed by atoms with E-state index in [1.165, 1.54) is 42.9 Å². The average Bonchev–Trinajstić information content (AvgIpc) is 2.90. The van der Waals surface area contributed by atoms with E-state index in [0.29, 0.717) is 5.56 Å². The summed E-state index contributed by atoms with van der Waals surface area (Å²) in [5, 5.41) is 2.54. The Morgan fingerprint density at radius 3 is 2.50 bits per heavy atom. The molecule has 4 rings (SSSR count). The van der Waals surface area contributed by atoms with Crippen molar-refractivity contribution in [3.8, 4) is 11.1 Å². The number of pyridine rings is 1. The Balaban J connectivity index is 1.68. The summed E-state index contributed by atoms with van der Waals surface area (Å²) in [5.41, 5.74) is -1.40. The van der Waals surface area contributed by atoms with Gasteiger partial charge in [0, 0.05) is 37.2 Å². The molecule has 11 heteroatoms. The van der Waals surface area contributed by atoms with Crippen molar-refractivity contribution in [1.82, 2.24) is 19.4 Å². The zero-order valence-electron chi connectivity index (χ0n) is 17.1. The number of hydrogen-bond acceptors (Lipinski definition) is 3. The zero-order valence-corrected chi connectivity index (χ0v) is 17.1. The van der Waals surface area contributed by atoms with Crippen LogP contribution in [-0.2, 0) is 24.6 Å². The summed E-state index contributed by atoms with van der Waals surface area (Å²) in [6, 6.07) is 6.14. The first-order valence-electron chi connectivity index (χ1n) is 9.70. The van der Waals surface area contributed by atoms with Gasteiger partial charge in [0.15, 0.2) is 5.65 Å². The zero-order chi connectivity index (χ0) is 23.5. The number of aryl methyl sites for hydroxylation is 1. The Morgan fingerprint density at radius 1 is 1.19 bits per heavy atom. The molecule has 2 heterocycles. The van der Waals surface area contributed by atoms with Gasteiger partial charge in [-0.2, -0.15) is 13.2 Å². The van der Waals surface area contributed by atoms with E-state index in [4.69, 9.17) is 0 Å². The number of rotatable bonds is 4. The Labute approximate surface area is 178 Å². The molecule has 0 bridgehead atoms. The van der Waals surface area contributed by atoms with Gasteiger partial charge in [-0.25, -0.2) is 18.6 Å². The molecular formula is C21H19F5N4O2. The van der Waals surface area contributed by atoms with Crippen molar-refractivity contribution >= 4 is 17.1 Å². The third-order valence-electron chi connectivity index (χ3n) is 5.54. The number of carbonyl (C=O) groups excluding carboxylic acids is 1. The van der Waals surface area contributed by atoms with E-state index in [0.717, 1.165) is 16.7 Å². The number of nitrogens with one attached hydrogen (secondary N) is 1. The van der Waals surface area contributed by atoms with Crippen LogP contribution in [0.1, 0.15) is 25.3 Å². The minimum Gasteiger partial charge on any atom is -0.349 e. The van der Waals surface area contributed by atoms with Crippen LogP contribution in [-0.4, -0.2) is 31.5 Å². The van der Waals surface area contributed by atoms with Crippen LogP contribution in [0.15, 0.2) is 41.3 Å². The highest BCUT2D eigenvalue weighted by molar-refractivity contribution is 5.82. The van der Waals surface area contributed by atoms with E-state index in [1.807, 2.05) is 0 Å². The summed E-state index contributed by atoms with van der Waals surface area (Å²) in [4.78, 5) is 29.3. The highest BCUT2D eigenvalue weighted by Gasteiger charge is 2.54. The van der Waals surface area contributed by atoms with E-state index >= 15 is 0 Å². The molecule has 1 aromatic carbocycles. The maximum atomic E-state index is 13.2. The number of halogens is 5. The number of aromatic nitrogens is 3. The van der Waals surface area contributed by atoms with Crippen molar-refractivity contribution in [3.05, 3.63) is 52.6 Å². The number of carbonyl (C=O) groups is 1. The van der Waals surface area contributed by atoms with Gasteiger partial charge < -0.3 is 5.32 Å². The molecule has 0 spiro atoms.